The van der Waals surface area contributed by atoms with E-state index in [-0.39, 0.29) is 35.9 Å². The van der Waals surface area contributed by atoms with Gasteiger partial charge in [0.05, 0.1) is 23.4 Å². The van der Waals surface area contributed by atoms with Gasteiger partial charge in [-0.25, -0.2) is 13.8 Å². The molecule has 10 heteroatoms. The van der Waals surface area contributed by atoms with Gasteiger partial charge in [-0.05, 0) is 54.4 Å². The van der Waals surface area contributed by atoms with E-state index in [0.29, 0.717) is 41.2 Å². The smallest absolute Gasteiger partial charge is 0.258 e. The van der Waals surface area contributed by atoms with Crippen molar-refractivity contribution < 1.29 is 23.5 Å². The number of carbonyl (C=O) groups is 2. The molecule has 8 nitrogen and oxygen atoms in total. The lowest BCUT2D eigenvalue weighted by molar-refractivity contribution is 0.0965. The molecule has 2 amide bonds. The first-order valence-corrected chi connectivity index (χ1v) is 12.0. The molecule has 0 saturated carbocycles. The van der Waals surface area contributed by atoms with E-state index in [1.54, 1.807) is 18.2 Å². The Hall–Kier alpha value is -4.41. The second-order valence-electron chi connectivity index (χ2n) is 8.88. The molecule has 0 saturated heterocycles. The Kier molecular flexibility index (Phi) is 6.99. The highest BCUT2D eigenvalue weighted by atomic mass is 19.1. The van der Waals surface area contributed by atoms with Crippen LogP contribution in [0.4, 0.5) is 14.5 Å². The zero-order valence-electron chi connectivity index (χ0n) is 20.5. The average Bonchev–Trinajstić information content (AvgIpc) is 3.47. The third-order valence-electron chi connectivity index (χ3n) is 6.42. The number of carbonyl (C=O) groups excluding carboxylic acids is 2. The molecule has 0 unspecified atom stereocenters. The van der Waals surface area contributed by atoms with E-state index in [4.69, 9.17) is 5.11 Å². The van der Waals surface area contributed by atoms with Crippen LogP contribution in [-0.2, 0) is 13.1 Å². The second kappa shape index (κ2) is 10.5. The van der Waals surface area contributed by atoms with Gasteiger partial charge in [0.15, 0.2) is 0 Å². The van der Waals surface area contributed by atoms with Gasteiger partial charge in [0.2, 0.25) is 0 Å². The number of hydrogen-bond donors (Lipinski definition) is 5. The van der Waals surface area contributed by atoms with Crippen LogP contribution in [-0.4, -0.2) is 40.0 Å². The summed E-state index contributed by atoms with van der Waals surface area (Å²) in [7, 11) is 0. The van der Waals surface area contributed by atoms with Crippen molar-refractivity contribution in [2.75, 3.05) is 18.5 Å². The fraction of sp³-hybridized carbons (Fsp3) is 0.179. The number of hydrogen-bond acceptors (Lipinski definition) is 5. The standard InChI is InChI=1S/C28H25F2N5O3/c1-15-24(14-31-10-11-36)35-26(33-15)20-9-8-17(21-13-32-28(38)25(20)21)18-7-6-16(12-23(18)30)34-27(37)19-4-2-3-5-22(19)29/h2-9,12,31,36H,10-11,13-14H2,1H3,(H,32,38)(H,33,35)(H,34,37). The Bertz CT molecular complexity index is 1550. The van der Waals surface area contributed by atoms with Crippen molar-refractivity contribution in [2.45, 2.75) is 20.0 Å². The minimum atomic E-state index is -0.685. The number of aromatic nitrogens is 2. The minimum Gasteiger partial charge on any atom is -0.395 e. The molecule has 194 valence electrons. The van der Waals surface area contributed by atoms with Crippen molar-refractivity contribution in [3.8, 4) is 22.5 Å². The Morgan fingerprint density at radius 1 is 1.05 bits per heavy atom. The molecule has 1 aliphatic heterocycles. The molecule has 4 aromatic rings. The molecule has 0 radical (unpaired) electrons. The van der Waals surface area contributed by atoms with Crippen LogP contribution < -0.4 is 16.0 Å². The first kappa shape index (κ1) is 25.2. The molecule has 2 heterocycles. The first-order chi connectivity index (χ1) is 18.4. The number of H-pyrrole nitrogens is 1. The number of nitrogens with one attached hydrogen (secondary N) is 4. The largest absolute Gasteiger partial charge is 0.395 e. The maximum absolute atomic E-state index is 15.3. The van der Waals surface area contributed by atoms with Crippen molar-refractivity contribution in [3.05, 3.63) is 94.3 Å². The molecular weight excluding hydrogens is 492 g/mol. The number of aromatic amines is 1. The normalized spacial score (nSPS) is 12.4. The van der Waals surface area contributed by atoms with E-state index >= 15 is 4.39 Å². The lowest BCUT2D eigenvalue weighted by atomic mass is 9.92. The molecule has 0 fully saturated rings. The summed E-state index contributed by atoms with van der Waals surface area (Å²) in [5, 5.41) is 17.4. The van der Waals surface area contributed by atoms with Crippen LogP contribution >= 0.6 is 0 Å². The van der Waals surface area contributed by atoms with Gasteiger partial charge in [-0.2, -0.15) is 0 Å². The summed E-state index contributed by atoms with van der Waals surface area (Å²) in [6, 6.07) is 13.2. The Balaban J connectivity index is 1.45. The summed E-state index contributed by atoms with van der Waals surface area (Å²) in [6.07, 6.45) is 0. The predicted octanol–water partition coefficient (Wildman–Crippen LogP) is 3.91. The number of rotatable bonds is 8. The van der Waals surface area contributed by atoms with E-state index in [1.165, 1.54) is 36.4 Å². The summed E-state index contributed by atoms with van der Waals surface area (Å²) in [5.41, 5.74) is 4.10. The Morgan fingerprint density at radius 3 is 2.58 bits per heavy atom. The summed E-state index contributed by atoms with van der Waals surface area (Å²) >= 11 is 0. The third-order valence-corrected chi connectivity index (χ3v) is 6.42. The fourth-order valence-electron chi connectivity index (χ4n) is 4.53. The molecule has 1 aliphatic rings. The number of imidazole rings is 1. The number of aliphatic hydroxyl groups is 1. The van der Waals surface area contributed by atoms with E-state index < -0.39 is 17.5 Å². The summed E-state index contributed by atoms with van der Waals surface area (Å²) in [6.45, 7) is 3.02. The molecule has 0 spiro atoms. The van der Waals surface area contributed by atoms with Crippen LogP contribution in [0.2, 0.25) is 0 Å². The quantitative estimate of drug-likeness (QED) is 0.227. The predicted molar refractivity (Wildman–Crippen MR) is 138 cm³/mol. The van der Waals surface area contributed by atoms with Gasteiger partial charge in [0.25, 0.3) is 11.8 Å². The van der Waals surface area contributed by atoms with E-state index in [1.807, 2.05) is 6.92 Å². The maximum atomic E-state index is 15.3. The molecule has 38 heavy (non-hydrogen) atoms. The molecule has 5 rings (SSSR count). The Labute approximate surface area is 217 Å². The highest BCUT2D eigenvalue weighted by Gasteiger charge is 2.28. The highest BCUT2D eigenvalue weighted by molar-refractivity contribution is 6.06. The zero-order chi connectivity index (χ0) is 26.8. The average molecular weight is 518 g/mol. The number of benzene rings is 3. The fourth-order valence-corrected chi connectivity index (χ4v) is 4.53. The molecule has 1 aromatic heterocycles. The van der Waals surface area contributed by atoms with Crippen LogP contribution in [0.5, 0.6) is 0 Å². The SMILES string of the molecule is Cc1[nH]c(-c2ccc(-c3ccc(NC(=O)c4ccccc4F)cc3F)c3c2C(=O)NC3)nc1CNCCO. The number of halogens is 2. The summed E-state index contributed by atoms with van der Waals surface area (Å²) in [4.78, 5) is 33.1. The highest BCUT2D eigenvalue weighted by Crippen LogP contribution is 2.37. The second-order valence-corrected chi connectivity index (χ2v) is 8.88. The summed E-state index contributed by atoms with van der Waals surface area (Å²) < 4.78 is 29.2. The van der Waals surface area contributed by atoms with Crippen molar-refractivity contribution in [1.29, 1.82) is 0 Å². The number of aliphatic hydroxyl groups excluding tert-OH is 1. The van der Waals surface area contributed by atoms with Gasteiger partial charge in [-0.15, -0.1) is 0 Å². The van der Waals surface area contributed by atoms with E-state index in [0.717, 1.165) is 11.4 Å². The van der Waals surface area contributed by atoms with Crippen LogP contribution in [0.3, 0.4) is 0 Å². The number of aryl methyl sites for hydroxylation is 1. The molecule has 5 N–H and O–H groups in total. The van der Waals surface area contributed by atoms with E-state index in [2.05, 4.69) is 25.9 Å². The van der Waals surface area contributed by atoms with Gasteiger partial charge in [0.1, 0.15) is 17.5 Å². The van der Waals surface area contributed by atoms with Crippen molar-refractivity contribution in [2.24, 2.45) is 0 Å². The van der Waals surface area contributed by atoms with Gasteiger partial charge in [-0.3, -0.25) is 9.59 Å². The van der Waals surface area contributed by atoms with Crippen molar-refractivity contribution in [3.63, 3.8) is 0 Å². The number of nitrogens with zero attached hydrogens (tertiary/aromatic N) is 1. The Morgan fingerprint density at radius 2 is 1.82 bits per heavy atom. The van der Waals surface area contributed by atoms with Gasteiger partial charge < -0.3 is 26.0 Å². The monoisotopic (exact) mass is 517 g/mol. The number of anilines is 1. The molecule has 0 aliphatic carbocycles. The van der Waals surface area contributed by atoms with Crippen LogP contribution in [0, 0.1) is 18.6 Å². The lowest BCUT2D eigenvalue weighted by Crippen LogP contribution is -2.18. The maximum Gasteiger partial charge on any atom is 0.258 e. The van der Waals surface area contributed by atoms with Crippen LogP contribution in [0.25, 0.3) is 22.5 Å². The van der Waals surface area contributed by atoms with E-state index in [9.17, 15) is 14.0 Å². The van der Waals surface area contributed by atoms with Crippen LogP contribution in [0.15, 0.2) is 54.6 Å². The van der Waals surface area contributed by atoms with Gasteiger partial charge in [0, 0.05) is 42.1 Å². The van der Waals surface area contributed by atoms with Gasteiger partial charge >= 0.3 is 0 Å². The first-order valence-electron chi connectivity index (χ1n) is 12.0. The molecular formula is C28H25F2N5O3. The van der Waals surface area contributed by atoms with Crippen molar-refractivity contribution >= 4 is 17.5 Å². The number of fused-ring (bicyclic) bond motifs is 1. The number of amides is 2. The summed E-state index contributed by atoms with van der Waals surface area (Å²) in [5.74, 6) is -1.71. The minimum absolute atomic E-state index is 0.0148. The van der Waals surface area contributed by atoms with Crippen LogP contribution in [0.1, 0.15) is 37.7 Å². The third kappa shape index (κ3) is 4.79. The lowest BCUT2D eigenvalue weighted by Gasteiger charge is -2.13. The molecule has 3 aromatic carbocycles. The molecule has 0 atom stereocenters. The van der Waals surface area contributed by atoms with Gasteiger partial charge in [-0.1, -0.05) is 18.2 Å². The van der Waals surface area contributed by atoms with Crippen molar-refractivity contribution in [1.82, 2.24) is 20.6 Å². The topological polar surface area (TPSA) is 119 Å². The zero-order valence-corrected chi connectivity index (χ0v) is 20.5. The molecule has 0 bridgehead atoms.